The summed E-state index contributed by atoms with van der Waals surface area (Å²) in [6, 6.07) is 25.7. The molecule has 0 N–H and O–H groups in total. The first-order chi connectivity index (χ1) is 15.9. The third kappa shape index (κ3) is 4.68. The van der Waals surface area contributed by atoms with E-state index in [2.05, 4.69) is 6.07 Å². The van der Waals surface area contributed by atoms with Crippen LogP contribution in [0.1, 0.15) is 11.1 Å². The van der Waals surface area contributed by atoms with E-state index in [-0.39, 0.29) is 5.75 Å². The largest absolute Gasteiger partial charge is 0.450 e. The van der Waals surface area contributed by atoms with Crippen LogP contribution in [0.4, 0.5) is 11.4 Å². The van der Waals surface area contributed by atoms with Crippen LogP contribution in [0.15, 0.2) is 84.9 Å². The van der Waals surface area contributed by atoms with Crippen LogP contribution in [0.5, 0.6) is 11.5 Å². The Labute approximate surface area is 187 Å². The molecule has 0 aromatic heterocycles. The number of rotatable bonds is 6. The molecule has 0 aliphatic heterocycles. The van der Waals surface area contributed by atoms with Crippen molar-refractivity contribution in [3.8, 4) is 17.6 Å². The fourth-order valence-corrected chi connectivity index (χ4v) is 3.31. The molecule has 0 aliphatic carbocycles. The Bertz CT molecular complexity index is 1450. The van der Waals surface area contributed by atoms with Gasteiger partial charge in [-0.15, -0.1) is 0 Å². The number of allylic oxidation sites excluding steroid dienone is 1. The molecule has 0 amide bonds. The summed E-state index contributed by atoms with van der Waals surface area (Å²) in [5.41, 5.74) is 1.12. The Hall–Kier alpha value is -5.03. The fraction of sp³-hybridized carbons (Fsp3) is 0. The van der Waals surface area contributed by atoms with E-state index in [1.807, 2.05) is 42.5 Å². The van der Waals surface area contributed by atoms with Crippen LogP contribution in [-0.4, -0.2) is 9.85 Å². The van der Waals surface area contributed by atoms with E-state index in [0.29, 0.717) is 11.3 Å². The van der Waals surface area contributed by atoms with Crippen molar-refractivity contribution in [2.24, 2.45) is 0 Å². The molecule has 4 aromatic carbocycles. The van der Waals surface area contributed by atoms with Crippen LogP contribution in [0.3, 0.4) is 0 Å². The van der Waals surface area contributed by atoms with E-state index in [1.165, 1.54) is 6.07 Å². The smallest absolute Gasteiger partial charge is 0.318 e. The molecule has 0 unspecified atom stereocenters. The molecule has 33 heavy (non-hydrogen) atoms. The zero-order chi connectivity index (χ0) is 23.4. The molecular formula is C25H15N3O5. The fourth-order valence-electron chi connectivity index (χ4n) is 3.31. The monoisotopic (exact) mass is 437 g/mol. The number of nitrogens with zero attached hydrogens (tertiary/aromatic N) is 3. The van der Waals surface area contributed by atoms with E-state index >= 15 is 0 Å². The highest BCUT2D eigenvalue weighted by atomic mass is 16.6. The molecule has 0 saturated heterocycles. The summed E-state index contributed by atoms with van der Waals surface area (Å²) in [5, 5.41) is 33.9. The van der Waals surface area contributed by atoms with Gasteiger partial charge in [-0.3, -0.25) is 20.2 Å². The van der Waals surface area contributed by atoms with Gasteiger partial charge < -0.3 is 4.74 Å². The zero-order valence-electron chi connectivity index (χ0n) is 17.0. The lowest BCUT2D eigenvalue weighted by Crippen LogP contribution is -1.96. The van der Waals surface area contributed by atoms with Gasteiger partial charge in [0.25, 0.3) is 5.69 Å². The van der Waals surface area contributed by atoms with Crippen molar-refractivity contribution in [1.82, 2.24) is 0 Å². The van der Waals surface area contributed by atoms with Crippen LogP contribution in [0.2, 0.25) is 0 Å². The topological polar surface area (TPSA) is 119 Å². The Morgan fingerprint density at radius 1 is 0.848 bits per heavy atom. The molecule has 4 rings (SSSR count). The molecule has 0 bridgehead atoms. The maximum Gasteiger partial charge on any atom is 0.318 e. The third-order valence-electron chi connectivity index (χ3n) is 4.95. The molecule has 0 fully saturated rings. The summed E-state index contributed by atoms with van der Waals surface area (Å²) in [6.07, 6.45) is 1.74. The van der Waals surface area contributed by atoms with Gasteiger partial charge in [0.1, 0.15) is 5.75 Å². The second kappa shape index (κ2) is 8.99. The van der Waals surface area contributed by atoms with E-state index in [9.17, 15) is 25.5 Å². The number of nitro benzene ring substituents is 2. The van der Waals surface area contributed by atoms with E-state index < -0.39 is 21.2 Å². The van der Waals surface area contributed by atoms with Crippen molar-refractivity contribution in [3.05, 3.63) is 116 Å². The van der Waals surface area contributed by atoms with E-state index in [1.54, 1.807) is 30.3 Å². The number of hydrogen-bond acceptors (Lipinski definition) is 6. The number of ether oxygens (including phenoxy) is 1. The van der Waals surface area contributed by atoms with Crippen LogP contribution in [0, 0.1) is 31.6 Å². The molecule has 4 aromatic rings. The quantitative estimate of drug-likeness (QED) is 0.147. The Balaban J connectivity index is 1.59. The first-order valence-corrected chi connectivity index (χ1v) is 9.76. The maximum absolute atomic E-state index is 11.3. The maximum atomic E-state index is 11.3. The van der Waals surface area contributed by atoms with Crippen molar-refractivity contribution in [2.45, 2.75) is 0 Å². The molecule has 0 saturated carbocycles. The number of benzene rings is 4. The molecule has 0 atom stereocenters. The van der Waals surface area contributed by atoms with Gasteiger partial charge in [0, 0.05) is 6.07 Å². The standard InChI is InChI=1S/C25H15N3O5/c26-16-21(20-8-7-18-3-1-2-4-19(18)14-20)13-17-5-10-23(11-6-17)33-25-12-9-22(27(29)30)15-24(25)28(31)32/h1-15H. The highest BCUT2D eigenvalue weighted by Gasteiger charge is 2.21. The third-order valence-corrected chi connectivity index (χ3v) is 4.95. The summed E-state index contributed by atoms with van der Waals surface area (Å²) >= 11 is 0. The molecule has 0 radical (unpaired) electrons. The van der Waals surface area contributed by atoms with Gasteiger partial charge in [-0.25, -0.2) is 0 Å². The molecule has 0 spiro atoms. The summed E-state index contributed by atoms with van der Waals surface area (Å²) in [6.45, 7) is 0. The molecule has 0 aliphatic rings. The van der Waals surface area contributed by atoms with Crippen LogP contribution < -0.4 is 4.74 Å². The van der Waals surface area contributed by atoms with Crippen molar-refractivity contribution >= 4 is 33.8 Å². The second-order valence-corrected chi connectivity index (χ2v) is 7.07. The van der Waals surface area contributed by atoms with Crippen LogP contribution in [0.25, 0.3) is 22.4 Å². The van der Waals surface area contributed by atoms with Gasteiger partial charge >= 0.3 is 5.69 Å². The van der Waals surface area contributed by atoms with Crippen molar-refractivity contribution in [3.63, 3.8) is 0 Å². The van der Waals surface area contributed by atoms with Crippen LogP contribution in [-0.2, 0) is 0 Å². The van der Waals surface area contributed by atoms with E-state index in [4.69, 9.17) is 4.74 Å². The lowest BCUT2D eigenvalue weighted by atomic mass is 10.0. The zero-order valence-corrected chi connectivity index (χ0v) is 17.0. The molecule has 8 nitrogen and oxygen atoms in total. The highest BCUT2D eigenvalue weighted by molar-refractivity contribution is 5.94. The first kappa shape index (κ1) is 21.2. The number of fused-ring (bicyclic) bond motifs is 1. The van der Waals surface area contributed by atoms with Crippen molar-refractivity contribution in [1.29, 1.82) is 5.26 Å². The highest BCUT2D eigenvalue weighted by Crippen LogP contribution is 2.34. The number of nitro groups is 2. The summed E-state index contributed by atoms with van der Waals surface area (Å²) in [5.74, 6) is 0.205. The molecular weight excluding hydrogens is 422 g/mol. The molecule has 0 heterocycles. The minimum absolute atomic E-state index is 0.109. The molecule has 160 valence electrons. The average molecular weight is 437 g/mol. The number of non-ortho nitro benzene ring substituents is 1. The Morgan fingerprint density at radius 3 is 2.24 bits per heavy atom. The summed E-state index contributed by atoms with van der Waals surface area (Å²) in [4.78, 5) is 20.7. The second-order valence-electron chi connectivity index (χ2n) is 7.07. The number of hydrogen-bond donors (Lipinski definition) is 0. The first-order valence-electron chi connectivity index (χ1n) is 9.76. The van der Waals surface area contributed by atoms with Crippen molar-refractivity contribution in [2.75, 3.05) is 0 Å². The minimum Gasteiger partial charge on any atom is -0.450 e. The lowest BCUT2D eigenvalue weighted by Gasteiger charge is -2.07. The summed E-state index contributed by atoms with van der Waals surface area (Å²) in [7, 11) is 0. The van der Waals surface area contributed by atoms with E-state index in [0.717, 1.165) is 34.0 Å². The van der Waals surface area contributed by atoms with Crippen molar-refractivity contribution < 1.29 is 14.6 Å². The Kier molecular flexibility index (Phi) is 5.78. The molecule has 8 heteroatoms. The van der Waals surface area contributed by atoms with Gasteiger partial charge in [0.2, 0.25) is 5.75 Å². The number of nitriles is 1. The normalized spacial score (nSPS) is 11.1. The van der Waals surface area contributed by atoms with Gasteiger partial charge in [-0.1, -0.05) is 48.5 Å². The van der Waals surface area contributed by atoms with Gasteiger partial charge in [0.05, 0.1) is 27.6 Å². The average Bonchev–Trinajstić information content (AvgIpc) is 2.83. The predicted octanol–water partition coefficient (Wildman–Crippen LogP) is 6.51. The Morgan fingerprint density at radius 2 is 1.58 bits per heavy atom. The van der Waals surface area contributed by atoms with Gasteiger partial charge in [-0.05, 0) is 52.2 Å². The minimum atomic E-state index is -0.734. The van der Waals surface area contributed by atoms with Crippen LogP contribution >= 0.6 is 0 Å². The predicted molar refractivity (Wildman–Crippen MR) is 124 cm³/mol. The van der Waals surface area contributed by atoms with Gasteiger partial charge in [0.15, 0.2) is 0 Å². The SMILES string of the molecule is N#CC(=Cc1ccc(Oc2ccc([N+](=O)[O-])cc2[N+](=O)[O-])cc1)c1ccc2ccccc2c1. The van der Waals surface area contributed by atoms with Gasteiger partial charge in [-0.2, -0.15) is 5.26 Å². The summed E-state index contributed by atoms with van der Waals surface area (Å²) < 4.78 is 5.57. The lowest BCUT2D eigenvalue weighted by molar-refractivity contribution is -0.394.